The van der Waals surface area contributed by atoms with Gasteiger partial charge in [-0.25, -0.2) is 0 Å². The van der Waals surface area contributed by atoms with Crippen LogP contribution in [0.5, 0.6) is 11.5 Å². The van der Waals surface area contributed by atoms with Crippen molar-refractivity contribution in [1.82, 2.24) is 0 Å². The molecule has 2 aromatic rings. The Labute approximate surface area is 122 Å². The van der Waals surface area contributed by atoms with Crippen LogP contribution in [0.3, 0.4) is 0 Å². The second kappa shape index (κ2) is 5.22. The Morgan fingerprint density at radius 2 is 2.11 bits per heavy atom. The molecule has 1 aromatic heterocycles. The zero-order chi connectivity index (χ0) is 13.2. The lowest BCUT2D eigenvalue weighted by Gasteiger charge is -2.05. The topological polar surface area (TPSA) is 47.6 Å². The van der Waals surface area contributed by atoms with Crippen molar-refractivity contribution in [3.63, 3.8) is 0 Å². The van der Waals surface area contributed by atoms with Crippen LogP contribution in [-0.2, 0) is 11.2 Å². The molecule has 0 spiro atoms. The van der Waals surface area contributed by atoms with E-state index in [0.29, 0.717) is 23.6 Å². The van der Waals surface area contributed by atoms with E-state index in [2.05, 4.69) is 21.2 Å². The number of hydrogen-bond acceptors (Lipinski definition) is 4. The highest BCUT2D eigenvalue weighted by atomic mass is 79.9. The van der Waals surface area contributed by atoms with E-state index in [-0.39, 0.29) is 12.7 Å². The van der Waals surface area contributed by atoms with Gasteiger partial charge in [0.15, 0.2) is 11.5 Å². The van der Waals surface area contributed by atoms with Crippen LogP contribution in [0.4, 0.5) is 5.69 Å². The zero-order valence-electron chi connectivity index (χ0n) is 9.81. The molecule has 98 valence electrons. The van der Waals surface area contributed by atoms with Crippen LogP contribution >= 0.6 is 27.3 Å². The normalized spacial score (nSPS) is 12.5. The minimum atomic E-state index is -0.0479. The molecule has 1 amide bonds. The molecule has 0 radical (unpaired) electrons. The maximum Gasteiger partial charge on any atom is 0.231 e. The van der Waals surface area contributed by atoms with Gasteiger partial charge in [-0.1, -0.05) is 0 Å². The molecule has 0 atom stereocenters. The Morgan fingerprint density at radius 1 is 1.26 bits per heavy atom. The number of halogens is 1. The summed E-state index contributed by atoms with van der Waals surface area (Å²) < 4.78 is 11.5. The van der Waals surface area contributed by atoms with Crippen LogP contribution < -0.4 is 14.8 Å². The minimum absolute atomic E-state index is 0.0479. The van der Waals surface area contributed by atoms with E-state index in [1.165, 1.54) is 0 Å². The van der Waals surface area contributed by atoms with Crippen molar-refractivity contribution in [3.8, 4) is 11.5 Å². The number of carbonyl (C=O) groups is 1. The molecule has 19 heavy (non-hydrogen) atoms. The number of rotatable bonds is 3. The van der Waals surface area contributed by atoms with Crippen molar-refractivity contribution < 1.29 is 14.3 Å². The van der Waals surface area contributed by atoms with Gasteiger partial charge in [-0.2, -0.15) is 0 Å². The number of amides is 1. The summed E-state index contributed by atoms with van der Waals surface area (Å²) in [7, 11) is 0. The molecule has 1 aliphatic rings. The summed E-state index contributed by atoms with van der Waals surface area (Å²) in [5.41, 5.74) is 0.713. The number of benzene rings is 1. The molecule has 0 fully saturated rings. The standard InChI is InChI=1S/C13H10BrNO3S/c14-12-4-2-9(19-12)6-13(16)15-8-1-3-10-11(5-8)18-7-17-10/h1-5H,6-7H2,(H,15,16). The highest BCUT2D eigenvalue weighted by Gasteiger charge is 2.14. The van der Waals surface area contributed by atoms with Crippen molar-refractivity contribution in [2.75, 3.05) is 12.1 Å². The lowest BCUT2D eigenvalue weighted by atomic mass is 10.2. The van der Waals surface area contributed by atoms with Crippen molar-refractivity contribution >= 4 is 38.9 Å². The van der Waals surface area contributed by atoms with Gasteiger partial charge in [0.25, 0.3) is 0 Å². The van der Waals surface area contributed by atoms with Gasteiger partial charge in [-0.05, 0) is 40.2 Å². The van der Waals surface area contributed by atoms with E-state index in [1.807, 2.05) is 12.1 Å². The average Bonchev–Trinajstić information content (AvgIpc) is 2.97. The lowest BCUT2D eigenvalue weighted by molar-refractivity contribution is -0.115. The third kappa shape index (κ3) is 2.90. The van der Waals surface area contributed by atoms with E-state index < -0.39 is 0 Å². The maximum atomic E-state index is 11.9. The number of anilines is 1. The average molecular weight is 340 g/mol. The Bertz CT molecular complexity index is 626. The Morgan fingerprint density at radius 3 is 2.89 bits per heavy atom. The molecular formula is C13H10BrNO3S. The summed E-state index contributed by atoms with van der Waals surface area (Å²) >= 11 is 4.94. The summed E-state index contributed by atoms with van der Waals surface area (Å²) in [4.78, 5) is 12.9. The molecule has 1 aliphatic heterocycles. The van der Waals surface area contributed by atoms with Crippen molar-refractivity contribution in [2.45, 2.75) is 6.42 Å². The van der Waals surface area contributed by atoms with Gasteiger partial charge in [-0.3, -0.25) is 4.79 Å². The number of thiophene rings is 1. The van der Waals surface area contributed by atoms with Crippen LogP contribution in [0.25, 0.3) is 0 Å². The number of fused-ring (bicyclic) bond motifs is 1. The fourth-order valence-electron chi connectivity index (χ4n) is 1.78. The Kier molecular flexibility index (Phi) is 3.44. The molecule has 6 heteroatoms. The molecule has 0 unspecified atom stereocenters. The molecule has 0 bridgehead atoms. The molecular weight excluding hydrogens is 330 g/mol. The highest BCUT2D eigenvalue weighted by molar-refractivity contribution is 9.11. The monoisotopic (exact) mass is 339 g/mol. The maximum absolute atomic E-state index is 11.9. The third-order valence-corrected chi connectivity index (χ3v) is 4.24. The van der Waals surface area contributed by atoms with Crippen molar-refractivity contribution in [1.29, 1.82) is 0 Å². The summed E-state index contributed by atoms with van der Waals surface area (Å²) in [5.74, 6) is 1.32. The van der Waals surface area contributed by atoms with Gasteiger partial charge >= 0.3 is 0 Å². The first-order chi connectivity index (χ1) is 9.20. The number of carbonyl (C=O) groups excluding carboxylic acids is 1. The molecule has 2 heterocycles. The van der Waals surface area contributed by atoms with Crippen LogP contribution in [0.2, 0.25) is 0 Å². The second-order valence-corrected chi connectivity index (χ2v) is 6.55. The van der Waals surface area contributed by atoms with E-state index in [9.17, 15) is 4.79 Å². The molecule has 4 nitrogen and oxygen atoms in total. The number of ether oxygens (including phenoxy) is 2. The fraction of sp³-hybridized carbons (Fsp3) is 0.154. The third-order valence-electron chi connectivity index (χ3n) is 2.62. The van der Waals surface area contributed by atoms with E-state index in [1.54, 1.807) is 29.5 Å². The first-order valence-electron chi connectivity index (χ1n) is 5.64. The van der Waals surface area contributed by atoms with Crippen LogP contribution in [0.15, 0.2) is 34.1 Å². The van der Waals surface area contributed by atoms with Gasteiger partial charge in [0.1, 0.15) is 0 Å². The van der Waals surface area contributed by atoms with Gasteiger partial charge in [0.2, 0.25) is 12.7 Å². The highest BCUT2D eigenvalue weighted by Crippen LogP contribution is 2.34. The quantitative estimate of drug-likeness (QED) is 0.931. The lowest BCUT2D eigenvalue weighted by Crippen LogP contribution is -2.13. The molecule has 0 saturated heterocycles. The largest absolute Gasteiger partial charge is 0.454 e. The van der Waals surface area contributed by atoms with Crippen molar-refractivity contribution in [3.05, 3.63) is 39.0 Å². The minimum Gasteiger partial charge on any atom is -0.454 e. The smallest absolute Gasteiger partial charge is 0.231 e. The predicted molar refractivity (Wildman–Crippen MR) is 76.9 cm³/mol. The summed E-state index contributed by atoms with van der Waals surface area (Å²) in [6.07, 6.45) is 0.366. The van der Waals surface area contributed by atoms with Gasteiger partial charge in [-0.15, -0.1) is 11.3 Å². The molecule has 0 saturated carbocycles. The molecule has 3 rings (SSSR count). The first kappa shape index (κ1) is 12.5. The van der Waals surface area contributed by atoms with Crippen molar-refractivity contribution in [2.24, 2.45) is 0 Å². The first-order valence-corrected chi connectivity index (χ1v) is 7.25. The SMILES string of the molecule is O=C(Cc1ccc(Br)s1)Nc1ccc2c(c1)OCO2. The van der Waals surface area contributed by atoms with Gasteiger partial charge < -0.3 is 14.8 Å². The second-order valence-electron chi connectivity index (χ2n) is 4.00. The number of nitrogens with one attached hydrogen (secondary N) is 1. The molecule has 1 N–H and O–H groups in total. The van der Waals surface area contributed by atoms with E-state index >= 15 is 0 Å². The molecule has 1 aromatic carbocycles. The van der Waals surface area contributed by atoms with E-state index in [0.717, 1.165) is 8.66 Å². The fourth-order valence-corrected chi connectivity index (χ4v) is 3.27. The van der Waals surface area contributed by atoms with Gasteiger partial charge in [0, 0.05) is 16.6 Å². The van der Waals surface area contributed by atoms with Crippen LogP contribution in [-0.4, -0.2) is 12.7 Å². The summed E-state index contributed by atoms with van der Waals surface area (Å²) in [5, 5.41) is 2.85. The zero-order valence-corrected chi connectivity index (χ0v) is 12.2. The molecule has 0 aliphatic carbocycles. The predicted octanol–water partition coefficient (Wildman–Crippen LogP) is 3.42. The van der Waals surface area contributed by atoms with E-state index in [4.69, 9.17) is 9.47 Å². The van der Waals surface area contributed by atoms with Crippen LogP contribution in [0, 0.1) is 0 Å². The summed E-state index contributed by atoms with van der Waals surface area (Å²) in [6, 6.07) is 9.24. The Balaban J connectivity index is 1.66. The number of hydrogen-bond donors (Lipinski definition) is 1. The summed E-state index contributed by atoms with van der Waals surface area (Å²) in [6.45, 7) is 0.232. The van der Waals surface area contributed by atoms with Crippen LogP contribution in [0.1, 0.15) is 4.88 Å². The Hall–Kier alpha value is -1.53. The van der Waals surface area contributed by atoms with Gasteiger partial charge in [0.05, 0.1) is 10.2 Å².